The molecule has 3 fully saturated rings. The minimum atomic E-state index is -0.307. The molecule has 118 valence electrons. The molecule has 3 aliphatic rings. The van der Waals surface area contributed by atoms with Gasteiger partial charge in [0.05, 0.1) is 0 Å². The van der Waals surface area contributed by atoms with Crippen LogP contribution in [0.2, 0.25) is 0 Å². The molecule has 1 aliphatic carbocycles. The Balaban J connectivity index is 1.59. The molecule has 2 aliphatic heterocycles. The van der Waals surface area contributed by atoms with Gasteiger partial charge in [-0.2, -0.15) is 0 Å². The molecule has 2 saturated heterocycles. The summed E-state index contributed by atoms with van der Waals surface area (Å²) < 4.78 is 0. The molecule has 0 bridgehead atoms. The van der Waals surface area contributed by atoms with Gasteiger partial charge in [0.2, 0.25) is 11.8 Å². The van der Waals surface area contributed by atoms with Gasteiger partial charge in [-0.25, -0.2) is 0 Å². The van der Waals surface area contributed by atoms with Crippen molar-refractivity contribution in [3.63, 3.8) is 0 Å². The van der Waals surface area contributed by atoms with Crippen molar-refractivity contribution >= 4 is 11.8 Å². The molecule has 1 N–H and O–H groups in total. The summed E-state index contributed by atoms with van der Waals surface area (Å²) in [5.41, 5.74) is 0. The Kier molecular flexibility index (Phi) is 4.48. The van der Waals surface area contributed by atoms with Gasteiger partial charge in [0.25, 0.3) is 0 Å². The van der Waals surface area contributed by atoms with Crippen LogP contribution in [0.1, 0.15) is 45.4 Å². The number of nitrogens with zero attached hydrogens (tertiary/aromatic N) is 2. The summed E-state index contributed by atoms with van der Waals surface area (Å²) in [4.78, 5) is 28.8. The topological polar surface area (TPSA) is 52.7 Å². The fourth-order valence-corrected chi connectivity index (χ4v) is 4.03. The molecule has 5 nitrogen and oxygen atoms in total. The highest BCUT2D eigenvalue weighted by molar-refractivity contribution is 5.97. The van der Waals surface area contributed by atoms with Gasteiger partial charge >= 0.3 is 0 Å². The van der Waals surface area contributed by atoms with Gasteiger partial charge in [-0.05, 0) is 25.2 Å². The number of hydrogen-bond acceptors (Lipinski definition) is 3. The summed E-state index contributed by atoms with van der Waals surface area (Å²) in [5.74, 6) is 0.935. The van der Waals surface area contributed by atoms with Crippen molar-refractivity contribution in [2.75, 3.05) is 26.2 Å². The maximum Gasteiger partial charge on any atom is 0.245 e. The first-order valence-corrected chi connectivity index (χ1v) is 8.52. The van der Waals surface area contributed by atoms with Crippen LogP contribution in [-0.4, -0.2) is 59.9 Å². The highest BCUT2D eigenvalue weighted by Gasteiger charge is 2.42. The summed E-state index contributed by atoms with van der Waals surface area (Å²) >= 11 is 0. The molecular formula is C16H27N3O2. The third kappa shape index (κ3) is 3.07. The van der Waals surface area contributed by atoms with Crippen LogP contribution in [0.15, 0.2) is 0 Å². The van der Waals surface area contributed by atoms with E-state index >= 15 is 0 Å². The number of fused-ring (bicyclic) bond motifs is 1. The van der Waals surface area contributed by atoms with Crippen molar-refractivity contribution in [3.05, 3.63) is 0 Å². The van der Waals surface area contributed by atoms with Crippen LogP contribution in [-0.2, 0) is 9.59 Å². The molecule has 2 heterocycles. The van der Waals surface area contributed by atoms with E-state index in [1.165, 1.54) is 32.1 Å². The van der Waals surface area contributed by atoms with E-state index in [0.29, 0.717) is 19.5 Å². The fourth-order valence-electron chi connectivity index (χ4n) is 4.03. The predicted octanol–water partition coefficient (Wildman–Crippen LogP) is 0.988. The molecule has 0 unspecified atom stereocenters. The minimum Gasteiger partial charge on any atom is -0.342 e. The first-order valence-electron chi connectivity index (χ1n) is 8.52. The molecule has 1 saturated carbocycles. The lowest BCUT2D eigenvalue weighted by molar-refractivity contribution is -0.153. The van der Waals surface area contributed by atoms with Gasteiger partial charge in [0.15, 0.2) is 0 Å². The number of piperazine rings is 2. The Labute approximate surface area is 127 Å². The average molecular weight is 293 g/mol. The second-order valence-electron chi connectivity index (χ2n) is 6.78. The molecule has 0 radical (unpaired) electrons. The average Bonchev–Trinajstić information content (AvgIpc) is 2.52. The quantitative estimate of drug-likeness (QED) is 0.844. The van der Waals surface area contributed by atoms with Crippen molar-refractivity contribution < 1.29 is 9.59 Å². The number of carbonyl (C=O) groups excluding carboxylic acids is 2. The number of amides is 2. The Morgan fingerprint density at radius 3 is 2.62 bits per heavy atom. The van der Waals surface area contributed by atoms with E-state index in [0.717, 1.165) is 19.0 Å². The predicted molar refractivity (Wildman–Crippen MR) is 80.7 cm³/mol. The standard InChI is InChI=1S/C16H27N3O2/c1-2-13-16(21)19-9-8-18(11-14(19)15(20)17-13)10-12-6-4-3-5-7-12/h12-14H,2-11H2,1H3,(H,17,20)/t13-,14+/m0/s1. The summed E-state index contributed by atoms with van der Waals surface area (Å²) in [6.07, 6.45) is 7.42. The Morgan fingerprint density at radius 2 is 1.90 bits per heavy atom. The Bertz CT molecular complexity index is 406. The maximum atomic E-state index is 12.3. The van der Waals surface area contributed by atoms with E-state index in [1.807, 2.05) is 11.8 Å². The highest BCUT2D eigenvalue weighted by atomic mass is 16.2. The monoisotopic (exact) mass is 293 g/mol. The van der Waals surface area contributed by atoms with Crippen LogP contribution in [0.3, 0.4) is 0 Å². The number of hydrogen-bond donors (Lipinski definition) is 1. The summed E-state index contributed by atoms with van der Waals surface area (Å²) in [7, 11) is 0. The van der Waals surface area contributed by atoms with E-state index in [2.05, 4.69) is 10.2 Å². The van der Waals surface area contributed by atoms with E-state index in [1.54, 1.807) is 0 Å². The maximum absolute atomic E-state index is 12.3. The highest BCUT2D eigenvalue weighted by Crippen LogP contribution is 2.26. The number of nitrogens with one attached hydrogen (secondary N) is 1. The molecular weight excluding hydrogens is 266 g/mol. The first kappa shape index (κ1) is 14.8. The van der Waals surface area contributed by atoms with Crippen molar-refractivity contribution in [2.24, 2.45) is 5.92 Å². The third-order valence-electron chi connectivity index (χ3n) is 5.31. The lowest BCUT2D eigenvalue weighted by atomic mass is 9.88. The zero-order chi connectivity index (χ0) is 14.8. The largest absolute Gasteiger partial charge is 0.342 e. The first-order chi connectivity index (χ1) is 10.2. The van der Waals surface area contributed by atoms with E-state index in [-0.39, 0.29) is 23.9 Å². The molecule has 0 spiro atoms. The molecule has 2 amide bonds. The van der Waals surface area contributed by atoms with Crippen molar-refractivity contribution in [1.29, 1.82) is 0 Å². The van der Waals surface area contributed by atoms with Gasteiger partial charge in [0, 0.05) is 26.2 Å². The SMILES string of the molecule is CC[C@@H]1NC(=O)[C@H]2CN(CC3CCCCC3)CCN2C1=O. The van der Waals surface area contributed by atoms with Crippen LogP contribution < -0.4 is 5.32 Å². The number of rotatable bonds is 3. The Morgan fingerprint density at radius 1 is 1.14 bits per heavy atom. The van der Waals surface area contributed by atoms with E-state index in [4.69, 9.17) is 0 Å². The lowest BCUT2D eigenvalue weighted by Crippen LogP contribution is -2.69. The van der Waals surface area contributed by atoms with Crippen LogP contribution in [0.25, 0.3) is 0 Å². The van der Waals surface area contributed by atoms with Crippen molar-refractivity contribution in [1.82, 2.24) is 15.1 Å². The van der Waals surface area contributed by atoms with Crippen LogP contribution in [0.5, 0.6) is 0 Å². The van der Waals surface area contributed by atoms with Crippen LogP contribution >= 0.6 is 0 Å². The molecule has 0 aromatic rings. The van der Waals surface area contributed by atoms with Gasteiger partial charge in [-0.1, -0.05) is 26.2 Å². The Hall–Kier alpha value is -1.10. The van der Waals surface area contributed by atoms with Crippen LogP contribution in [0.4, 0.5) is 0 Å². The minimum absolute atomic E-state index is 0.0368. The van der Waals surface area contributed by atoms with Gasteiger partial charge < -0.3 is 10.2 Å². The van der Waals surface area contributed by atoms with Crippen molar-refractivity contribution in [2.45, 2.75) is 57.5 Å². The second kappa shape index (κ2) is 6.34. The molecule has 0 aromatic heterocycles. The van der Waals surface area contributed by atoms with Gasteiger partial charge in [-0.3, -0.25) is 14.5 Å². The van der Waals surface area contributed by atoms with E-state index in [9.17, 15) is 9.59 Å². The van der Waals surface area contributed by atoms with Crippen molar-refractivity contribution in [3.8, 4) is 0 Å². The zero-order valence-corrected chi connectivity index (χ0v) is 13.0. The molecule has 0 aromatic carbocycles. The molecule has 2 atom stereocenters. The second-order valence-corrected chi connectivity index (χ2v) is 6.78. The normalized spacial score (nSPS) is 32.0. The fraction of sp³-hybridized carbons (Fsp3) is 0.875. The molecule has 3 rings (SSSR count). The lowest BCUT2D eigenvalue weighted by Gasteiger charge is -2.46. The third-order valence-corrected chi connectivity index (χ3v) is 5.31. The van der Waals surface area contributed by atoms with Gasteiger partial charge in [0.1, 0.15) is 12.1 Å². The van der Waals surface area contributed by atoms with Gasteiger partial charge in [-0.15, -0.1) is 0 Å². The molecule has 21 heavy (non-hydrogen) atoms. The van der Waals surface area contributed by atoms with Crippen LogP contribution in [0, 0.1) is 5.92 Å². The molecule has 5 heteroatoms. The summed E-state index contributed by atoms with van der Waals surface area (Å²) in [6.45, 7) is 5.39. The summed E-state index contributed by atoms with van der Waals surface area (Å²) in [5, 5.41) is 2.88. The summed E-state index contributed by atoms with van der Waals surface area (Å²) in [6, 6.07) is -0.573. The smallest absolute Gasteiger partial charge is 0.245 e. The number of carbonyl (C=O) groups is 2. The zero-order valence-electron chi connectivity index (χ0n) is 13.0. The van der Waals surface area contributed by atoms with E-state index < -0.39 is 0 Å².